The molecule has 0 unspecified atom stereocenters. The summed E-state index contributed by atoms with van der Waals surface area (Å²) in [6.07, 6.45) is 0. The third-order valence-corrected chi connectivity index (χ3v) is 2.38. The lowest BCUT2D eigenvalue weighted by atomic mass is 10.2. The van der Waals surface area contributed by atoms with Gasteiger partial charge in [0.15, 0.2) is 0 Å². The van der Waals surface area contributed by atoms with Crippen LogP contribution in [-0.4, -0.2) is 24.2 Å². The Balaban J connectivity index is 2.00. The molecule has 2 N–H and O–H groups in total. The summed E-state index contributed by atoms with van der Waals surface area (Å²) in [7, 11) is 0. The Kier molecular flexibility index (Phi) is 4.09. The van der Waals surface area contributed by atoms with Gasteiger partial charge in [-0.05, 0) is 6.54 Å². The second-order valence-corrected chi connectivity index (χ2v) is 3.77. The monoisotopic (exact) mass is 245 g/mol. The molecule has 0 spiro atoms. The molecule has 1 amide bonds. The van der Waals surface area contributed by atoms with Gasteiger partial charge in [0.05, 0.1) is 6.54 Å². The van der Waals surface area contributed by atoms with Crippen molar-refractivity contribution in [3.05, 3.63) is 36.4 Å². The van der Waals surface area contributed by atoms with Crippen LogP contribution in [0, 0.1) is 0 Å². The predicted molar refractivity (Wildman–Crippen MR) is 69.1 cm³/mol. The Labute approximate surface area is 105 Å². The number of nitrogens with zero attached hydrogens (tertiary/aromatic N) is 1. The molecule has 0 aliphatic heterocycles. The largest absolute Gasteiger partial charge is 0.338 e. The van der Waals surface area contributed by atoms with E-state index in [9.17, 15) is 4.79 Å². The Morgan fingerprint density at radius 2 is 2.11 bits per heavy atom. The van der Waals surface area contributed by atoms with E-state index in [4.69, 9.17) is 4.52 Å². The van der Waals surface area contributed by atoms with Crippen molar-refractivity contribution >= 4 is 11.8 Å². The number of rotatable bonds is 5. The molecule has 0 aliphatic rings. The first-order valence-corrected chi connectivity index (χ1v) is 5.82. The van der Waals surface area contributed by atoms with Crippen molar-refractivity contribution in [2.75, 3.05) is 18.4 Å². The third-order valence-electron chi connectivity index (χ3n) is 2.38. The van der Waals surface area contributed by atoms with Crippen molar-refractivity contribution in [3.63, 3.8) is 0 Å². The van der Waals surface area contributed by atoms with E-state index in [-0.39, 0.29) is 12.5 Å². The summed E-state index contributed by atoms with van der Waals surface area (Å²) < 4.78 is 5.06. The van der Waals surface area contributed by atoms with Crippen molar-refractivity contribution in [2.24, 2.45) is 0 Å². The highest BCUT2D eigenvalue weighted by atomic mass is 16.5. The van der Waals surface area contributed by atoms with Crippen LogP contribution in [-0.2, 0) is 4.79 Å². The number of likely N-dealkylation sites (N-methyl/N-ethyl adjacent to an activating group) is 1. The first-order chi connectivity index (χ1) is 8.79. The van der Waals surface area contributed by atoms with E-state index in [1.165, 1.54) is 0 Å². The fraction of sp³-hybridized carbons (Fsp3) is 0.231. The van der Waals surface area contributed by atoms with Gasteiger partial charge in [0.2, 0.25) is 11.8 Å². The van der Waals surface area contributed by atoms with Crippen LogP contribution in [0.15, 0.2) is 40.9 Å². The van der Waals surface area contributed by atoms with Gasteiger partial charge in [0.1, 0.15) is 5.69 Å². The SMILES string of the molecule is CCNCC(=O)Nc1cc(-c2ccccc2)no1. The summed E-state index contributed by atoms with van der Waals surface area (Å²) >= 11 is 0. The normalized spacial score (nSPS) is 10.3. The van der Waals surface area contributed by atoms with E-state index in [1.54, 1.807) is 6.07 Å². The lowest BCUT2D eigenvalue weighted by Gasteiger charge is -2.00. The molecule has 0 saturated heterocycles. The standard InChI is InChI=1S/C13H15N3O2/c1-2-14-9-12(17)15-13-8-11(16-18-13)10-6-4-3-5-7-10/h3-8,14H,2,9H2,1H3,(H,15,17). The molecule has 0 saturated carbocycles. The van der Waals surface area contributed by atoms with Gasteiger partial charge in [0, 0.05) is 11.6 Å². The van der Waals surface area contributed by atoms with Gasteiger partial charge in [-0.2, -0.15) is 0 Å². The van der Waals surface area contributed by atoms with E-state index in [0.29, 0.717) is 11.6 Å². The van der Waals surface area contributed by atoms with Crippen LogP contribution < -0.4 is 10.6 Å². The molecule has 1 aromatic heterocycles. The lowest BCUT2D eigenvalue weighted by molar-refractivity contribution is -0.115. The van der Waals surface area contributed by atoms with Crippen LogP contribution in [0.5, 0.6) is 0 Å². The molecule has 1 aromatic carbocycles. The minimum Gasteiger partial charge on any atom is -0.338 e. The second-order valence-electron chi connectivity index (χ2n) is 3.77. The molecule has 0 radical (unpaired) electrons. The quantitative estimate of drug-likeness (QED) is 0.844. The first-order valence-electron chi connectivity index (χ1n) is 5.82. The van der Waals surface area contributed by atoms with Gasteiger partial charge >= 0.3 is 0 Å². The Hall–Kier alpha value is -2.14. The van der Waals surface area contributed by atoms with Crippen molar-refractivity contribution in [3.8, 4) is 11.3 Å². The van der Waals surface area contributed by atoms with Gasteiger partial charge < -0.3 is 9.84 Å². The average molecular weight is 245 g/mol. The minimum absolute atomic E-state index is 0.146. The summed E-state index contributed by atoms with van der Waals surface area (Å²) in [6, 6.07) is 11.4. The summed E-state index contributed by atoms with van der Waals surface area (Å²) in [6.45, 7) is 2.95. The molecule has 0 bridgehead atoms. The second kappa shape index (κ2) is 5.97. The molecule has 0 fully saturated rings. The third kappa shape index (κ3) is 3.18. The zero-order chi connectivity index (χ0) is 12.8. The molecule has 0 atom stereocenters. The molecule has 94 valence electrons. The first kappa shape index (κ1) is 12.3. The molecule has 1 heterocycles. The van der Waals surface area contributed by atoms with E-state index in [0.717, 1.165) is 12.1 Å². The zero-order valence-corrected chi connectivity index (χ0v) is 10.1. The Bertz CT molecular complexity index is 508. The van der Waals surface area contributed by atoms with Gasteiger partial charge in [-0.3, -0.25) is 10.1 Å². The molecular weight excluding hydrogens is 230 g/mol. The van der Waals surface area contributed by atoms with Crippen molar-refractivity contribution in [2.45, 2.75) is 6.92 Å². The van der Waals surface area contributed by atoms with Crippen LogP contribution in [0.3, 0.4) is 0 Å². The van der Waals surface area contributed by atoms with E-state index >= 15 is 0 Å². The fourth-order valence-corrected chi connectivity index (χ4v) is 1.50. The van der Waals surface area contributed by atoms with Crippen LogP contribution in [0.4, 0.5) is 5.88 Å². The van der Waals surface area contributed by atoms with E-state index in [2.05, 4.69) is 15.8 Å². The predicted octanol–water partition coefficient (Wildman–Crippen LogP) is 1.89. The fourth-order valence-electron chi connectivity index (χ4n) is 1.50. The maximum atomic E-state index is 11.5. The number of carbonyl (C=O) groups is 1. The number of nitrogens with one attached hydrogen (secondary N) is 2. The van der Waals surface area contributed by atoms with Crippen LogP contribution in [0.1, 0.15) is 6.92 Å². The highest BCUT2D eigenvalue weighted by Crippen LogP contribution is 2.20. The van der Waals surface area contributed by atoms with Crippen molar-refractivity contribution in [1.29, 1.82) is 0 Å². The minimum atomic E-state index is -0.146. The average Bonchev–Trinajstić information content (AvgIpc) is 2.86. The van der Waals surface area contributed by atoms with Crippen molar-refractivity contribution < 1.29 is 9.32 Å². The number of benzene rings is 1. The van der Waals surface area contributed by atoms with Gasteiger partial charge in [-0.1, -0.05) is 42.4 Å². The molecule has 0 aliphatic carbocycles. The maximum absolute atomic E-state index is 11.5. The topological polar surface area (TPSA) is 67.2 Å². The Morgan fingerprint density at radius 3 is 2.83 bits per heavy atom. The molecule has 2 aromatic rings. The maximum Gasteiger partial charge on any atom is 0.240 e. The summed E-state index contributed by atoms with van der Waals surface area (Å²) in [5.41, 5.74) is 1.66. The number of aromatic nitrogens is 1. The van der Waals surface area contributed by atoms with Gasteiger partial charge in [-0.25, -0.2) is 0 Å². The van der Waals surface area contributed by atoms with E-state index < -0.39 is 0 Å². The summed E-state index contributed by atoms with van der Waals surface area (Å²) in [5, 5.41) is 9.48. The number of hydrogen-bond donors (Lipinski definition) is 2. The molecule has 2 rings (SSSR count). The smallest absolute Gasteiger partial charge is 0.240 e. The number of amides is 1. The highest BCUT2D eigenvalue weighted by Gasteiger charge is 2.08. The van der Waals surface area contributed by atoms with Crippen LogP contribution in [0.2, 0.25) is 0 Å². The van der Waals surface area contributed by atoms with Crippen molar-refractivity contribution in [1.82, 2.24) is 10.5 Å². The summed E-state index contributed by atoms with van der Waals surface area (Å²) in [5.74, 6) is 0.212. The van der Waals surface area contributed by atoms with Crippen LogP contribution >= 0.6 is 0 Å². The number of hydrogen-bond acceptors (Lipinski definition) is 4. The van der Waals surface area contributed by atoms with E-state index in [1.807, 2.05) is 37.3 Å². The molecule has 5 heteroatoms. The van der Waals surface area contributed by atoms with Gasteiger partial charge in [-0.15, -0.1) is 0 Å². The lowest BCUT2D eigenvalue weighted by Crippen LogP contribution is -2.27. The molecule has 18 heavy (non-hydrogen) atoms. The van der Waals surface area contributed by atoms with Crippen LogP contribution in [0.25, 0.3) is 11.3 Å². The number of anilines is 1. The van der Waals surface area contributed by atoms with Gasteiger partial charge in [0.25, 0.3) is 0 Å². The summed E-state index contributed by atoms with van der Waals surface area (Å²) in [4.78, 5) is 11.5. The molecular formula is C13H15N3O2. The Morgan fingerprint density at radius 1 is 1.33 bits per heavy atom. The number of carbonyl (C=O) groups excluding carboxylic acids is 1. The zero-order valence-electron chi connectivity index (χ0n) is 10.1. The molecule has 5 nitrogen and oxygen atoms in total. The highest BCUT2D eigenvalue weighted by molar-refractivity contribution is 5.91.